The van der Waals surface area contributed by atoms with Crippen LogP contribution in [-0.2, 0) is 0 Å². The maximum absolute atomic E-state index is 12.8. The Labute approximate surface area is 161 Å². The summed E-state index contributed by atoms with van der Waals surface area (Å²) in [6.07, 6.45) is 6.38. The zero-order valence-electron chi connectivity index (χ0n) is 15.4. The molecule has 1 amide bonds. The Balaban J connectivity index is 1.98. The number of H-pyrrole nitrogens is 1. The van der Waals surface area contributed by atoms with E-state index in [1.54, 1.807) is 23.2 Å². The number of allylic oxidation sites excluding steroid dienone is 2. The quantitative estimate of drug-likeness (QED) is 0.744. The Kier molecular flexibility index (Phi) is 4.52. The third-order valence-electron chi connectivity index (χ3n) is 5.21. The van der Waals surface area contributed by atoms with Crippen molar-refractivity contribution in [2.45, 2.75) is 33.1 Å². The van der Waals surface area contributed by atoms with Crippen molar-refractivity contribution >= 4 is 39.6 Å². The summed E-state index contributed by atoms with van der Waals surface area (Å²) in [5.41, 5.74) is 2.98. The van der Waals surface area contributed by atoms with E-state index in [1.807, 2.05) is 24.3 Å². The Morgan fingerprint density at radius 3 is 2.70 bits per heavy atom. The van der Waals surface area contributed by atoms with Crippen molar-refractivity contribution in [2.24, 2.45) is 0 Å². The average Bonchev–Trinajstić information content (AvgIpc) is 3.33. The average molecular weight is 385 g/mol. The molecule has 4 rings (SSSR count). The van der Waals surface area contributed by atoms with Crippen LogP contribution in [-0.4, -0.2) is 38.3 Å². The predicted octanol–water partition coefficient (Wildman–Crippen LogP) is 3.88. The second-order valence-corrected chi connectivity index (χ2v) is 7.18. The highest BCUT2D eigenvalue weighted by molar-refractivity contribution is 6.34. The van der Waals surface area contributed by atoms with Crippen LogP contribution in [0.5, 0.6) is 0 Å². The Hall–Kier alpha value is -2.60. The summed E-state index contributed by atoms with van der Waals surface area (Å²) in [4.78, 5) is 34.5. The van der Waals surface area contributed by atoms with Crippen molar-refractivity contribution in [1.29, 1.82) is 0 Å². The molecule has 2 aromatic heterocycles. The number of imidazole rings is 1. The van der Waals surface area contributed by atoms with Crippen molar-refractivity contribution in [1.82, 2.24) is 19.3 Å². The summed E-state index contributed by atoms with van der Waals surface area (Å²) in [5, 5.41) is 0.380. The van der Waals surface area contributed by atoms with Gasteiger partial charge in [0, 0.05) is 13.1 Å². The first-order chi connectivity index (χ1) is 13.0. The largest absolute Gasteiger partial charge is 0.339 e. The molecule has 0 unspecified atom stereocenters. The lowest BCUT2D eigenvalue weighted by Gasteiger charge is -2.17. The number of carbonyl (C=O) groups excluding carboxylic acids is 1. The lowest BCUT2D eigenvalue weighted by molar-refractivity contribution is 0.0793. The van der Waals surface area contributed by atoms with Gasteiger partial charge in [0.1, 0.15) is 11.3 Å². The number of hydrogen-bond donors (Lipinski definition) is 1. The van der Waals surface area contributed by atoms with Crippen molar-refractivity contribution in [3.8, 4) is 0 Å². The maximum Gasteiger partial charge on any atom is 0.274 e. The van der Waals surface area contributed by atoms with Crippen LogP contribution in [0.2, 0.25) is 5.02 Å². The lowest BCUT2D eigenvalue weighted by Crippen LogP contribution is -2.28. The smallest absolute Gasteiger partial charge is 0.274 e. The molecule has 3 aromatic rings. The van der Waals surface area contributed by atoms with Gasteiger partial charge in [-0.05, 0) is 43.9 Å². The molecule has 27 heavy (non-hydrogen) atoms. The van der Waals surface area contributed by atoms with Crippen LogP contribution >= 0.6 is 11.6 Å². The molecule has 7 heteroatoms. The van der Waals surface area contributed by atoms with Gasteiger partial charge in [0.05, 0.1) is 27.8 Å². The van der Waals surface area contributed by atoms with Gasteiger partial charge in [0.15, 0.2) is 0 Å². The van der Waals surface area contributed by atoms with Crippen molar-refractivity contribution < 1.29 is 4.79 Å². The fraction of sp³-hybridized carbons (Fsp3) is 0.350. The van der Waals surface area contributed by atoms with Gasteiger partial charge in [-0.3, -0.25) is 14.0 Å². The molecule has 1 aliphatic rings. The monoisotopic (exact) mass is 384 g/mol. The zero-order chi connectivity index (χ0) is 19.1. The molecule has 6 nitrogen and oxygen atoms in total. The summed E-state index contributed by atoms with van der Waals surface area (Å²) in [7, 11) is 0. The molecule has 0 spiro atoms. The van der Waals surface area contributed by atoms with Gasteiger partial charge in [-0.2, -0.15) is 0 Å². The van der Waals surface area contributed by atoms with Gasteiger partial charge >= 0.3 is 0 Å². The minimum Gasteiger partial charge on any atom is -0.339 e. The molecule has 3 heterocycles. The molecule has 0 aliphatic carbocycles. The number of likely N-dealkylation sites (tertiary alicyclic amines) is 1. The zero-order valence-corrected chi connectivity index (χ0v) is 16.1. The SMILES string of the molecule is C/C=C(\CC)c1ncc2c(=O)[nH]c3cc(C(=O)N4CCCC4)c(Cl)cc3n12. The maximum atomic E-state index is 12.8. The van der Waals surface area contributed by atoms with E-state index in [-0.39, 0.29) is 11.5 Å². The lowest BCUT2D eigenvalue weighted by atomic mass is 10.1. The van der Waals surface area contributed by atoms with E-state index in [0.717, 1.165) is 49.3 Å². The molecule has 140 valence electrons. The Bertz CT molecular complexity index is 1140. The van der Waals surface area contributed by atoms with Gasteiger partial charge in [-0.25, -0.2) is 4.98 Å². The summed E-state index contributed by atoms with van der Waals surface area (Å²) in [5.74, 6) is 0.634. The third kappa shape index (κ3) is 2.84. The number of rotatable bonds is 3. The number of hydrogen-bond acceptors (Lipinski definition) is 3. The standard InChI is InChI=1S/C20H21ClN4O2/c1-3-12(4-2)18-22-11-17-19(26)23-15-9-13(14(21)10-16(15)25(17)18)20(27)24-7-5-6-8-24/h3,9-11H,4-8H2,1-2H3,(H,23,26)/b12-3+. The minimum atomic E-state index is -0.241. The van der Waals surface area contributed by atoms with Crippen LogP contribution in [0.1, 0.15) is 49.3 Å². The van der Waals surface area contributed by atoms with Gasteiger partial charge < -0.3 is 9.88 Å². The topological polar surface area (TPSA) is 70.5 Å². The molecular weight excluding hydrogens is 364 g/mol. The molecule has 0 atom stereocenters. The predicted molar refractivity (Wildman–Crippen MR) is 107 cm³/mol. The summed E-state index contributed by atoms with van der Waals surface area (Å²) in [6, 6.07) is 3.43. The Morgan fingerprint density at radius 1 is 1.30 bits per heavy atom. The molecule has 1 fully saturated rings. The van der Waals surface area contributed by atoms with E-state index >= 15 is 0 Å². The minimum absolute atomic E-state index is 0.0890. The number of aromatic amines is 1. The second kappa shape index (κ2) is 6.85. The number of benzene rings is 1. The molecule has 1 saturated heterocycles. The molecule has 1 N–H and O–H groups in total. The van der Waals surface area contributed by atoms with Crippen LogP contribution in [0.4, 0.5) is 0 Å². The van der Waals surface area contributed by atoms with Crippen LogP contribution in [0, 0.1) is 0 Å². The third-order valence-corrected chi connectivity index (χ3v) is 5.52. The first kappa shape index (κ1) is 17.8. The van der Waals surface area contributed by atoms with Crippen LogP contribution < -0.4 is 5.56 Å². The van der Waals surface area contributed by atoms with Crippen LogP contribution in [0.3, 0.4) is 0 Å². The fourth-order valence-corrected chi connectivity index (χ4v) is 4.00. The highest BCUT2D eigenvalue weighted by Gasteiger charge is 2.23. The van der Waals surface area contributed by atoms with E-state index in [4.69, 9.17) is 11.6 Å². The first-order valence-electron chi connectivity index (χ1n) is 9.23. The normalized spacial score (nSPS) is 15.2. The van der Waals surface area contributed by atoms with Gasteiger partial charge in [0.25, 0.3) is 11.5 Å². The fourth-order valence-electron chi connectivity index (χ4n) is 3.76. The second-order valence-electron chi connectivity index (χ2n) is 6.77. The number of nitrogens with one attached hydrogen (secondary N) is 1. The van der Waals surface area contributed by atoms with E-state index in [1.165, 1.54) is 0 Å². The van der Waals surface area contributed by atoms with E-state index < -0.39 is 0 Å². The summed E-state index contributed by atoms with van der Waals surface area (Å²) in [6.45, 7) is 5.49. The number of nitrogens with zero attached hydrogens (tertiary/aromatic N) is 3. The first-order valence-corrected chi connectivity index (χ1v) is 9.60. The Morgan fingerprint density at radius 2 is 2.04 bits per heavy atom. The highest BCUT2D eigenvalue weighted by Crippen LogP contribution is 2.27. The molecule has 1 aliphatic heterocycles. The molecule has 1 aromatic carbocycles. The van der Waals surface area contributed by atoms with E-state index in [9.17, 15) is 9.59 Å². The summed E-state index contributed by atoms with van der Waals surface area (Å²) >= 11 is 6.50. The van der Waals surface area contributed by atoms with Gasteiger partial charge in [-0.15, -0.1) is 0 Å². The molecule has 0 radical (unpaired) electrons. The number of halogens is 1. The molecule has 0 bridgehead atoms. The van der Waals surface area contributed by atoms with Crippen LogP contribution in [0.25, 0.3) is 22.1 Å². The molecular formula is C20H21ClN4O2. The van der Waals surface area contributed by atoms with Crippen molar-refractivity contribution in [2.75, 3.05) is 13.1 Å². The van der Waals surface area contributed by atoms with E-state index in [0.29, 0.717) is 21.6 Å². The van der Waals surface area contributed by atoms with Gasteiger partial charge in [-0.1, -0.05) is 24.6 Å². The number of amides is 1. The van der Waals surface area contributed by atoms with Gasteiger partial charge in [0.2, 0.25) is 0 Å². The number of fused-ring (bicyclic) bond motifs is 3. The van der Waals surface area contributed by atoms with Crippen molar-refractivity contribution in [3.05, 3.63) is 51.2 Å². The van der Waals surface area contributed by atoms with Crippen LogP contribution in [0.15, 0.2) is 29.2 Å². The highest BCUT2D eigenvalue weighted by atomic mass is 35.5. The van der Waals surface area contributed by atoms with E-state index in [2.05, 4.69) is 9.97 Å². The van der Waals surface area contributed by atoms with Crippen molar-refractivity contribution in [3.63, 3.8) is 0 Å². The molecule has 0 saturated carbocycles. The number of carbonyl (C=O) groups is 1. The summed E-state index contributed by atoms with van der Waals surface area (Å²) < 4.78 is 1.82. The number of aromatic nitrogens is 3.